The van der Waals surface area contributed by atoms with Crippen molar-refractivity contribution in [2.75, 3.05) is 7.11 Å². The Morgan fingerprint density at radius 2 is 2.06 bits per heavy atom. The molecule has 4 heteroatoms. The van der Waals surface area contributed by atoms with Gasteiger partial charge in [-0.05, 0) is 25.0 Å². The van der Waals surface area contributed by atoms with Crippen molar-refractivity contribution in [3.8, 4) is 0 Å². The molecule has 94 valence electrons. The number of hydrogen-bond acceptors (Lipinski definition) is 4. The highest BCUT2D eigenvalue weighted by Crippen LogP contribution is 2.13. The highest BCUT2D eigenvalue weighted by atomic mass is 16.5. The molecule has 1 N–H and O–H groups in total. The molecule has 0 aromatic carbocycles. The van der Waals surface area contributed by atoms with E-state index < -0.39 is 0 Å². The third-order valence-corrected chi connectivity index (χ3v) is 2.68. The van der Waals surface area contributed by atoms with Crippen molar-refractivity contribution < 1.29 is 9.53 Å². The fourth-order valence-corrected chi connectivity index (χ4v) is 1.65. The molecule has 0 aliphatic heterocycles. The minimum Gasteiger partial charge on any atom is -0.468 e. The minimum atomic E-state index is -0.308. The van der Waals surface area contributed by atoms with E-state index >= 15 is 0 Å². The Hall–Kier alpha value is -1.42. The number of rotatable bonds is 5. The molecule has 4 nitrogen and oxygen atoms in total. The first-order chi connectivity index (χ1) is 8.06. The fraction of sp³-hybridized carbons (Fsp3) is 0.538. The zero-order valence-electron chi connectivity index (χ0n) is 10.8. The Kier molecular flexibility index (Phi) is 5.10. The van der Waals surface area contributed by atoms with Gasteiger partial charge in [-0.15, -0.1) is 0 Å². The van der Waals surface area contributed by atoms with Crippen LogP contribution in [0.5, 0.6) is 0 Å². The van der Waals surface area contributed by atoms with Gasteiger partial charge in [-0.3, -0.25) is 15.1 Å². The predicted molar refractivity (Wildman–Crippen MR) is 66.4 cm³/mol. The monoisotopic (exact) mass is 236 g/mol. The zero-order chi connectivity index (χ0) is 12.8. The second-order valence-electron chi connectivity index (χ2n) is 4.39. The lowest BCUT2D eigenvalue weighted by Crippen LogP contribution is -2.43. The molecule has 0 amide bonds. The Morgan fingerprint density at radius 1 is 1.35 bits per heavy atom. The van der Waals surface area contributed by atoms with Gasteiger partial charge >= 0.3 is 5.97 Å². The van der Waals surface area contributed by atoms with Gasteiger partial charge in [0.25, 0.3) is 0 Å². The van der Waals surface area contributed by atoms with Crippen LogP contribution in [0.3, 0.4) is 0 Å². The third-order valence-electron chi connectivity index (χ3n) is 2.68. The molecule has 0 aliphatic carbocycles. The Morgan fingerprint density at radius 3 is 2.53 bits per heavy atom. The predicted octanol–water partition coefficient (Wildman–Crippen LogP) is 1.93. The first-order valence-corrected chi connectivity index (χ1v) is 5.81. The molecule has 1 rings (SSSR count). The van der Waals surface area contributed by atoms with Gasteiger partial charge in [-0.25, -0.2) is 0 Å². The Labute approximate surface area is 102 Å². The maximum atomic E-state index is 11.6. The molecule has 17 heavy (non-hydrogen) atoms. The number of carbonyl (C=O) groups excluding carboxylic acids is 1. The number of methoxy groups -OCH3 is 1. The van der Waals surface area contributed by atoms with Gasteiger partial charge < -0.3 is 4.74 Å². The summed E-state index contributed by atoms with van der Waals surface area (Å²) >= 11 is 0. The number of esters is 1. The summed E-state index contributed by atoms with van der Waals surface area (Å²) in [6.07, 6.45) is 1.75. The van der Waals surface area contributed by atoms with E-state index in [2.05, 4.69) is 10.3 Å². The minimum absolute atomic E-state index is 0.0164. The molecule has 0 saturated carbocycles. The summed E-state index contributed by atoms with van der Waals surface area (Å²) in [6.45, 7) is 5.96. The molecule has 0 radical (unpaired) electrons. The summed E-state index contributed by atoms with van der Waals surface area (Å²) in [5.41, 5.74) is 0.919. The Bertz CT molecular complexity index is 352. The van der Waals surface area contributed by atoms with E-state index in [9.17, 15) is 4.79 Å². The molecule has 0 bridgehead atoms. The highest BCUT2D eigenvalue weighted by molar-refractivity contribution is 5.76. The molecular formula is C13H20N2O2. The molecule has 0 aliphatic rings. The van der Waals surface area contributed by atoms with Gasteiger partial charge in [-0.2, -0.15) is 0 Å². The van der Waals surface area contributed by atoms with Crippen LogP contribution in [0.2, 0.25) is 0 Å². The second-order valence-corrected chi connectivity index (χ2v) is 4.39. The van der Waals surface area contributed by atoms with Crippen LogP contribution in [0.1, 0.15) is 32.5 Å². The maximum Gasteiger partial charge on any atom is 0.323 e. The highest BCUT2D eigenvalue weighted by Gasteiger charge is 2.25. The van der Waals surface area contributed by atoms with E-state index in [4.69, 9.17) is 4.74 Å². The molecule has 1 aromatic heterocycles. The van der Waals surface area contributed by atoms with Crippen LogP contribution in [-0.4, -0.2) is 24.1 Å². The van der Waals surface area contributed by atoms with Gasteiger partial charge in [0.15, 0.2) is 0 Å². The number of pyridine rings is 1. The van der Waals surface area contributed by atoms with Crippen LogP contribution < -0.4 is 5.32 Å². The van der Waals surface area contributed by atoms with Crippen LogP contribution >= 0.6 is 0 Å². The standard InChI is InChI=1S/C13H20N2O2/c1-9(2)12(13(16)17-4)15-10(3)11-7-5-6-8-14-11/h5-10,12,15H,1-4H3. The van der Waals surface area contributed by atoms with Crippen LogP contribution in [0.25, 0.3) is 0 Å². The fourth-order valence-electron chi connectivity index (χ4n) is 1.65. The lowest BCUT2D eigenvalue weighted by molar-refractivity contribution is -0.144. The maximum absolute atomic E-state index is 11.6. The van der Waals surface area contributed by atoms with Crippen molar-refractivity contribution in [1.82, 2.24) is 10.3 Å². The van der Waals surface area contributed by atoms with Gasteiger partial charge in [0.1, 0.15) is 6.04 Å². The third kappa shape index (κ3) is 3.82. The number of nitrogens with one attached hydrogen (secondary N) is 1. The second kappa shape index (κ2) is 6.35. The summed E-state index contributed by atoms with van der Waals surface area (Å²) in [6, 6.07) is 5.45. The van der Waals surface area contributed by atoms with Crippen molar-refractivity contribution in [1.29, 1.82) is 0 Å². The van der Waals surface area contributed by atoms with E-state index in [0.29, 0.717) is 0 Å². The summed E-state index contributed by atoms with van der Waals surface area (Å²) in [4.78, 5) is 15.9. The average Bonchev–Trinajstić information content (AvgIpc) is 2.35. The molecule has 0 fully saturated rings. The molecule has 1 heterocycles. The molecule has 1 aromatic rings. The summed E-state index contributed by atoms with van der Waals surface area (Å²) < 4.78 is 4.79. The van der Waals surface area contributed by atoms with Gasteiger partial charge in [0.05, 0.1) is 12.8 Å². The lowest BCUT2D eigenvalue weighted by atomic mass is 10.0. The zero-order valence-corrected chi connectivity index (χ0v) is 10.8. The number of ether oxygens (including phenoxy) is 1. The first kappa shape index (κ1) is 13.6. The Balaban J connectivity index is 2.71. The van der Waals surface area contributed by atoms with E-state index in [1.165, 1.54) is 7.11 Å². The van der Waals surface area contributed by atoms with E-state index in [1.54, 1.807) is 6.20 Å². The largest absolute Gasteiger partial charge is 0.468 e. The van der Waals surface area contributed by atoms with Gasteiger partial charge in [-0.1, -0.05) is 19.9 Å². The summed E-state index contributed by atoms with van der Waals surface area (Å²) in [5, 5.41) is 3.25. The topological polar surface area (TPSA) is 51.2 Å². The molecule has 0 spiro atoms. The number of hydrogen-bond donors (Lipinski definition) is 1. The SMILES string of the molecule is COC(=O)C(NC(C)c1ccccn1)C(C)C. The summed E-state index contributed by atoms with van der Waals surface area (Å²) in [7, 11) is 1.41. The number of aromatic nitrogens is 1. The van der Waals surface area contributed by atoms with Crippen molar-refractivity contribution in [2.45, 2.75) is 32.9 Å². The number of carbonyl (C=O) groups is 1. The van der Waals surface area contributed by atoms with Crippen molar-refractivity contribution >= 4 is 5.97 Å². The molecule has 2 unspecified atom stereocenters. The summed E-state index contributed by atoms with van der Waals surface area (Å²) in [5.74, 6) is -0.0589. The number of nitrogens with zero attached hydrogens (tertiary/aromatic N) is 1. The molecule has 2 atom stereocenters. The van der Waals surface area contributed by atoms with Gasteiger partial charge in [0.2, 0.25) is 0 Å². The molecular weight excluding hydrogens is 216 g/mol. The molecule has 0 saturated heterocycles. The van der Waals surface area contributed by atoms with E-state index in [0.717, 1.165) is 5.69 Å². The van der Waals surface area contributed by atoms with Crippen LogP contribution in [-0.2, 0) is 9.53 Å². The van der Waals surface area contributed by atoms with E-state index in [-0.39, 0.29) is 24.0 Å². The van der Waals surface area contributed by atoms with Crippen LogP contribution in [0.15, 0.2) is 24.4 Å². The van der Waals surface area contributed by atoms with Gasteiger partial charge in [0, 0.05) is 12.2 Å². The van der Waals surface area contributed by atoms with Crippen molar-refractivity contribution in [3.05, 3.63) is 30.1 Å². The van der Waals surface area contributed by atoms with Crippen LogP contribution in [0, 0.1) is 5.92 Å². The van der Waals surface area contributed by atoms with Crippen molar-refractivity contribution in [2.24, 2.45) is 5.92 Å². The quantitative estimate of drug-likeness (QED) is 0.794. The van der Waals surface area contributed by atoms with Crippen LogP contribution in [0.4, 0.5) is 0 Å². The first-order valence-electron chi connectivity index (χ1n) is 5.81. The lowest BCUT2D eigenvalue weighted by Gasteiger charge is -2.23. The van der Waals surface area contributed by atoms with E-state index in [1.807, 2.05) is 39.0 Å². The smallest absolute Gasteiger partial charge is 0.323 e. The van der Waals surface area contributed by atoms with Crippen molar-refractivity contribution in [3.63, 3.8) is 0 Å². The average molecular weight is 236 g/mol. The normalized spacial score (nSPS) is 14.4.